The number of methoxy groups -OCH3 is 1. The van der Waals surface area contributed by atoms with Crippen molar-refractivity contribution in [2.24, 2.45) is 0 Å². The zero-order valence-electron chi connectivity index (χ0n) is 11.0. The number of esters is 1. The van der Waals surface area contributed by atoms with Gasteiger partial charge in [-0.2, -0.15) is 0 Å². The van der Waals surface area contributed by atoms with Crippen LogP contribution in [0.5, 0.6) is 0 Å². The van der Waals surface area contributed by atoms with Crippen LogP contribution in [0.15, 0.2) is 24.3 Å². The second-order valence-electron chi connectivity index (χ2n) is 4.73. The number of fused-ring (bicyclic) bond motifs is 1. The van der Waals surface area contributed by atoms with Gasteiger partial charge in [0.1, 0.15) is 11.6 Å². The molecule has 1 atom stereocenters. The first kappa shape index (κ1) is 12.8. The molecule has 2 aromatic rings. The summed E-state index contributed by atoms with van der Waals surface area (Å²) < 4.78 is 19.4. The van der Waals surface area contributed by atoms with Crippen molar-refractivity contribution >= 4 is 5.97 Å². The van der Waals surface area contributed by atoms with E-state index in [-0.39, 0.29) is 11.8 Å². The fourth-order valence-corrected chi connectivity index (χ4v) is 2.43. The molecule has 1 aliphatic heterocycles. The molecular weight excluding hydrogens is 261 g/mol. The number of hydrogen-bond donors (Lipinski definition) is 0. The van der Waals surface area contributed by atoms with Gasteiger partial charge >= 0.3 is 5.97 Å². The molecular formula is C14H14FN3O2. The Morgan fingerprint density at radius 3 is 2.85 bits per heavy atom. The molecule has 1 aromatic heterocycles. The minimum atomic E-state index is -0.412. The molecule has 0 bridgehead atoms. The fraction of sp³-hybridized carbons (Fsp3) is 0.357. The number of halogens is 1. The second kappa shape index (κ2) is 5.03. The predicted octanol–water partition coefficient (Wildman–Crippen LogP) is 2.13. The summed E-state index contributed by atoms with van der Waals surface area (Å²) in [5.74, 6) is 0.674. The lowest BCUT2D eigenvalue weighted by molar-refractivity contribution is -0.145. The molecule has 2 heterocycles. The predicted molar refractivity (Wildman–Crippen MR) is 69.4 cm³/mol. The number of nitrogens with zero attached hydrogens (tertiary/aromatic N) is 3. The average molecular weight is 275 g/mol. The lowest BCUT2D eigenvalue weighted by Gasteiger charge is -2.20. The Bertz CT molecular complexity index is 636. The van der Waals surface area contributed by atoms with Gasteiger partial charge in [-0.05, 0) is 37.1 Å². The summed E-state index contributed by atoms with van der Waals surface area (Å²) in [6, 6.07) is 5.58. The Kier molecular flexibility index (Phi) is 3.22. The summed E-state index contributed by atoms with van der Waals surface area (Å²) in [5, 5.41) is 4.38. The van der Waals surface area contributed by atoms with Crippen molar-refractivity contribution in [1.29, 1.82) is 0 Å². The van der Waals surface area contributed by atoms with E-state index in [2.05, 4.69) is 10.1 Å². The van der Waals surface area contributed by atoms with E-state index in [0.29, 0.717) is 12.2 Å². The van der Waals surface area contributed by atoms with Crippen LogP contribution >= 0.6 is 0 Å². The lowest BCUT2D eigenvalue weighted by atomic mass is 10.1. The Hall–Kier alpha value is -2.24. The molecule has 0 N–H and O–H groups in total. The zero-order chi connectivity index (χ0) is 14.1. The fourth-order valence-electron chi connectivity index (χ4n) is 2.43. The first-order valence-corrected chi connectivity index (χ1v) is 6.48. The van der Waals surface area contributed by atoms with E-state index in [0.717, 1.165) is 24.2 Å². The van der Waals surface area contributed by atoms with Gasteiger partial charge in [-0.3, -0.25) is 0 Å². The van der Waals surface area contributed by atoms with E-state index in [1.807, 2.05) is 0 Å². The maximum atomic E-state index is 12.9. The Morgan fingerprint density at radius 1 is 1.40 bits per heavy atom. The molecule has 0 saturated carbocycles. The van der Waals surface area contributed by atoms with Gasteiger partial charge in [0.15, 0.2) is 11.9 Å². The van der Waals surface area contributed by atoms with Gasteiger partial charge in [-0.1, -0.05) is 0 Å². The molecule has 20 heavy (non-hydrogen) atoms. The third kappa shape index (κ3) is 2.17. The highest BCUT2D eigenvalue weighted by Gasteiger charge is 2.29. The van der Waals surface area contributed by atoms with Crippen molar-refractivity contribution in [2.45, 2.75) is 25.3 Å². The lowest BCUT2D eigenvalue weighted by Crippen LogP contribution is -2.27. The van der Waals surface area contributed by atoms with E-state index >= 15 is 0 Å². The topological polar surface area (TPSA) is 57.0 Å². The molecule has 0 radical (unpaired) electrons. The highest BCUT2D eigenvalue weighted by molar-refractivity contribution is 5.74. The quantitative estimate of drug-likeness (QED) is 0.788. The normalized spacial score (nSPS) is 17.6. The SMILES string of the molecule is COC(=O)C1CCCc2nc(-c3ccc(F)cc3)nn21. The first-order chi connectivity index (χ1) is 9.69. The largest absolute Gasteiger partial charge is 0.467 e. The standard InChI is InChI=1S/C14H14FN3O2/c1-20-14(19)11-3-2-4-12-16-13(17-18(11)12)9-5-7-10(15)8-6-9/h5-8,11H,2-4H2,1H3. The third-order valence-electron chi connectivity index (χ3n) is 3.45. The number of ether oxygens (including phenoxy) is 1. The summed E-state index contributed by atoms with van der Waals surface area (Å²) in [6.45, 7) is 0. The van der Waals surface area contributed by atoms with E-state index in [4.69, 9.17) is 4.74 Å². The molecule has 3 rings (SSSR count). The summed E-state index contributed by atoms with van der Waals surface area (Å²) in [4.78, 5) is 16.2. The summed E-state index contributed by atoms with van der Waals surface area (Å²) in [6.07, 6.45) is 2.36. The van der Waals surface area contributed by atoms with Crippen molar-refractivity contribution in [2.75, 3.05) is 7.11 Å². The van der Waals surface area contributed by atoms with E-state index < -0.39 is 6.04 Å². The van der Waals surface area contributed by atoms with Crippen molar-refractivity contribution in [3.63, 3.8) is 0 Å². The van der Waals surface area contributed by atoms with Crippen molar-refractivity contribution < 1.29 is 13.9 Å². The Balaban J connectivity index is 1.99. The van der Waals surface area contributed by atoms with Crippen molar-refractivity contribution in [3.05, 3.63) is 35.9 Å². The molecule has 0 spiro atoms. The highest BCUT2D eigenvalue weighted by Crippen LogP contribution is 2.26. The van der Waals surface area contributed by atoms with Gasteiger partial charge < -0.3 is 4.74 Å². The number of rotatable bonds is 2. The van der Waals surface area contributed by atoms with Crippen LogP contribution in [0.2, 0.25) is 0 Å². The van der Waals surface area contributed by atoms with E-state index in [1.54, 1.807) is 16.8 Å². The minimum absolute atomic E-state index is 0.301. The number of carbonyl (C=O) groups is 1. The molecule has 0 amide bonds. The molecule has 104 valence electrons. The number of aromatic nitrogens is 3. The average Bonchev–Trinajstić information content (AvgIpc) is 2.91. The third-order valence-corrected chi connectivity index (χ3v) is 3.45. The van der Waals surface area contributed by atoms with Crippen LogP contribution in [-0.2, 0) is 16.0 Å². The Labute approximate surface area is 115 Å². The van der Waals surface area contributed by atoms with Crippen LogP contribution in [0.25, 0.3) is 11.4 Å². The van der Waals surface area contributed by atoms with Gasteiger partial charge in [0.05, 0.1) is 7.11 Å². The van der Waals surface area contributed by atoms with Gasteiger partial charge in [0, 0.05) is 12.0 Å². The smallest absolute Gasteiger partial charge is 0.330 e. The molecule has 6 heteroatoms. The summed E-state index contributed by atoms with van der Waals surface area (Å²) in [7, 11) is 1.37. The monoisotopic (exact) mass is 275 g/mol. The maximum absolute atomic E-state index is 12.9. The highest BCUT2D eigenvalue weighted by atomic mass is 19.1. The number of benzene rings is 1. The molecule has 1 aliphatic rings. The van der Waals surface area contributed by atoms with E-state index in [9.17, 15) is 9.18 Å². The number of hydrogen-bond acceptors (Lipinski definition) is 4. The maximum Gasteiger partial charge on any atom is 0.330 e. The molecule has 1 unspecified atom stereocenters. The molecule has 0 fully saturated rings. The number of carbonyl (C=O) groups excluding carboxylic acids is 1. The number of aryl methyl sites for hydroxylation is 1. The summed E-state index contributed by atoms with van der Waals surface area (Å²) >= 11 is 0. The zero-order valence-corrected chi connectivity index (χ0v) is 11.0. The van der Waals surface area contributed by atoms with Crippen LogP contribution in [-0.4, -0.2) is 27.8 Å². The molecule has 1 aromatic carbocycles. The van der Waals surface area contributed by atoms with Gasteiger partial charge in [0.25, 0.3) is 0 Å². The van der Waals surface area contributed by atoms with Crippen LogP contribution in [0.4, 0.5) is 4.39 Å². The second-order valence-corrected chi connectivity index (χ2v) is 4.73. The van der Waals surface area contributed by atoms with Crippen LogP contribution in [0.3, 0.4) is 0 Å². The van der Waals surface area contributed by atoms with Gasteiger partial charge in [-0.15, -0.1) is 5.10 Å². The Morgan fingerprint density at radius 2 is 2.15 bits per heavy atom. The molecule has 5 nitrogen and oxygen atoms in total. The van der Waals surface area contributed by atoms with Crippen LogP contribution < -0.4 is 0 Å². The van der Waals surface area contributed by atoms with Crippen molar-refractivity contribution in [3.8, 4) is 11.4 Å². The van der Waals surface area contributed by atoms with Crippen molar-refractivity contribution in [1.82, 2.24) is 14.8 Å². The summed E-state index contributed by atoms with van der Waals surface area (Å²) in [5.41, 5.74) is 0.733. The molecule has 0 saturated heterocycles. The van der Waals surface area contributed by atoms with Gasteiger partial charge in [-0.25, -0.2) is 18.9 Å². The van der Waals surface area contributed by atoms with E-state index in [1.165, 1.54) is 19.2 Å². The minimum Gasteiger partial charge on any atom is -0.467 e. The first-order valence-electron chi connectivity index (χ1n) is 6.48. The van der Waals surface area contributed by atoms with Crippen LogP contribution in [0.1, 0.15) is 24.7 Å². The van der Waals surface area contributed by atoms with Gasteiger partial charge in [0.2, 0.25) is 0 Å². The van der Waals surface area contributed by atoms with Crippen LogP contribution in [0, 0.1) is 5.82 Å². The molecule has 0 aliphatic carbocycles.